The molecule has 2 heterocycles. The van der Waals surface area contributed by atoms with Crippen LogP contribution in [-0.4, -0.2) is 63.6 Å². The minimum Gasteiger partial charge on any atom is -0.465 e. The number of nitrogens with zero attached hydrogens (tertiary/aromatic N) is 3. The van der Waals surface area contributed by atoms with Crippen molar-refractivity contribution in [3.8, 4) is 0 Å². The van der Waals surface area contributed by atoms with E-state index in [2.05, 4.69) is 17.6 Å². The molecule has 214 valence electrons. The van der Waals surface area contributed by atoms with Crippen molar-refractivity contribution in [3.63, 3.8) is 0 Å². The summed E-state index contributed by atoms with van der Waals surface area (Å²) >= 11 is 0. The van der Waals surface area contributed by atoms with Gasteiger partial charge in [-0.05, 0) is 42.7 Å². The van der Waals surface area contributed by atoms with Gasteiger partial charge in [0.05, 0.1) is 6.54 Å². The third kappa shape index (κ3) is 7.42. The number of aliphatic imine (C=N–C) groups is 1. The number of piperidine rings is 1. The van der Waals surface area contributed by atoms with Gasteiger partial charge in [-0.1, -0.05) is 76.1 Å². The van der Waals surface area contributed by atoms with Gasteiger partial charge in [0.25, 0.3) is 5.91 Å². The molecule has 5 N–H and O–H groups in total. The number of rotatable bonds is 10. The second kappa shape index (κ2) is 13.2. The summed E-state index contributed by atoms with van der Waals surface area (Å²) in [5.41, 5.74) is 7.54. The zero-order valence-corrected chi connectivity index (χ0v) is 23.2. The number of carboxylic acid groups (broad SMARTS) is 1. The molecule has 0 radical (unpaired) electrons. The summed E-state index contributed by atoms with van der Waals surface area (Å²) in [7, 11) is 0. The van der Waals surface area contributed by atoms with Crippen LogP contribution in [0.3, 0.4) is 0 Å². The quantitative estimate of drug-likeness (QED) is 0.352. The fourth-order valence-corrected chi connectivity index (χ4v) is 6.15. The number of guanidine groups is 1. The molecule has 2 aliphatic heterocycles. The number of benzene rings is 1. The fraction of sp³-hybridized carbons (Fsp3) is 0.655. The van der Waals surface area contributed by atoms with Crippen LogP contribution in [0, 0.1) is 5.92 Å². The maximum absolute atomic E-state index is 13.7. The lowest BCUT2D eigenvalue weighted by Gasteiger charge is -2.32. The van der Waals surface area contributed by atoms with Crippen LogP contribution in [0.5, 0.6) is 0 Å². The minimum absolute atomic E-state index is 0.0318. The van der Waals surface area contributed by atoms with E-state index in [1.807, 2.05) is 24.3 Å². The van der Waals surface area contributed by atoms with E-state index < -0.39 is 11.6 Å². The summed E-state index contributed by atoms with van der Waals surface area (Å²) < 4.78 is 0. The standard InChI is InChI=1S/C29H44N6O4/c1-2-3-15-29(18-21-7-5-4-6-8-21)25(36)35(26(30)33-29)20-23-11-9-22(10-12-23)19-31-27(37)32-24-13-16-34(17-14-24)28(38)39/h9-12,21,24H,2-8,13-20H2,1H3,(H2,30,33)(H,38,39)(H2,31,32,37). The zero-order chi connectivity index (χ0) is 27.8. The number of urea groups is 1. The first-order valence-electron chi connectivity index (χ1n) is 14.6. The van der Waals surface area contributed by atoms with E-state index in [0.29, 0.717) is 50.9 Å². The predicted octanol–water partition coefficient (Wildman–Crippen LogP) is 4.18. The maximum atomic E-state index is 13.7. The second-order valence-electron chi connectivity index (χ2n) is 11.4. The fourth-order valence-electron chi connectivity index (χ4n) is 6.15. The van der Waals surface area contributed by atoms with E-state index in [1.165, 1.54) is 37.0 Å². The molecule has 10 heteroatoms. The Hall–Kier alpha value is -3.30. The van der Waals surface area contributed by atoms with E-state index in [1.54, 1.807) is 4.90 Å². The van der Waals surface area contributed by atoms with Crippen molar-refractivity contribution < 1.29 is 19.5 Å². The molecule has 4 amide bonds. The van der Waals surface area contributed by atoms with Crippen molar-refractivity contribution >= 4 is 24.0 Å². The van der Waals surface area contributed by atoms with Crippen molar-refractivity contribution in [3.05, 3.63) is 35.4 Å². The minimum atomic E-state index is -0.916. The number of likely N-dealkylation sites (tertiary alicyclic amines) is 1. The first-order valence-corrected chi connectivity index (χ1v) is 14.6. The van der Waals surface area contributed by atoms with Gasteiger partial charge in [0.15, 0.2) is 5.96 Å². The number of amides is 4. The highest BCUT2D eigenvalue weighted by Gasteiger charge is 2.48. The number of hydrogen-bond donors (Lipinski definition) is 4. The van der Waals surface area contributed by atoms with Gasteiger partial charge in [-0.25, -0.2) is 14.6 Å². The summed E-state index contributed by atoms with van der Waals surface area (Å²) in [6.45, 7) is 3.75. The monoisotopic (exact) mass is 540 g/mol. The van der Waals surface area contributed by atoms with Crippen LogP contribution in [0.15, 0.2) is 29.3 Å². The lowest BCUT2D eigenvalue weighted by atomic mass is 9.77. The third-order valence-electron chi connectivity index (χ3n) is 8.46. The molecule has 1 aliphatic carbocycles. The molecule has 0 spiro atoms. The van der Waals surface area contributed by atoms with Crippen molar-refractivity contribution in [2.24, 2.45) is 16.6 Å². The normalized spacial score (nSPS) is 22.6. The van der Waals surface area contributed by atoms with Gasteiger partial charge >= 0.3 is 12.1 Å². The lowest BCUT2D eigenvalue weighted by Crippen LogP contribution is -2.48. The average molecular weight is 541 g/mol. The molecule has 2 fully saturated rings. The first kappa shape index (κ1) is 28.7. The highest BCUT2D eigenvalue weighted by Crippen LogP contribution is 2.39. The molecular weight excluding hydrogens is 496 g/mol. The number of nitrogens with two attached hydrogens (primary N) is 1. The topological polar surface area (TPSA) is 140 Å². The Morgan fingerprint density at radius 1 is 1.08 bits per heavy atom. The summed E-state index contributed by atoms with van der Waals surface area (Å²) in [6.07, 6.45) is 9.94. The SMILES string of the molecule is CCCCC1(CC2CCCCC2)N=C(N)N(Cc2ccc(CNC(=O)NC3CCN(C(=O)O)CC3)cc2)C1=O. The number of unbranched alkanes of at least 4 members (excludes halogenated alkanes) is 1. The van der Waals surface area contributed by atoms with Gasteiger partial charge < -0.3 is 26.4 Å². The molecule has 1 unspecified atom stereocenters. The lowest BCUT2D eigenvalue weighted by molar-refractivity contribution is -0.132. The summed E-state index contributed by atoms with van der Waals surface area (Å²) in [4.78, 5) is 44.9. The van der Waals surface area contributed by atoms with Gasteiger partial charge in [-0.2, -0.15) is 0 Å². The van der Waals surface area contributed by atoms with E-state index in [-0.39, 0.29) is 18.0 Å². The van der Waals surface area contributed by atoms with Crippen molar-refractivity contribution in [2.75, 3.05) is 13.1 Å². The third-order valence-corrected chi connectivity index (χ3v) is 8.46. The molecule has 1 atom stereocenters. The molecule has 1 aromatic carbocycles. The number of carbonyl (C=O) groups excluding carboxylic acids is 2. The highest BCUT2D eigenvalue weighted by atomic mass is 16.4. The maximum Gasteiger partial charge on any atom is 0.407 e. The van der Waals surface area contributed by atoms with Crippen LogP contribution in [0.25, 0.3) is 0 Å². The molecule has 4 rings (SSSR count). The van der Waals surface area contributed by atoms with Crippen molar-refractivity contribution in [1.29, 1.82) is 0 Å². The van der Waals surface area contributed by atoms with Crippen LogP contribution in [-0.2, 0) is 17.9 Å². The molecule has 10 nitrogen and oxygen atoms in total. The smallest absolute Gasteiger partial charge is 0.407 e. The van der Waals surface area contributed by atoms with Crippen LogP contribution in [0.2, 0.25) is 0 Å². The molecule has 3 aliphatic rings. The molecule has 0 aromatic heterocycles. The van der Waals surface area contributed by atoms with Gasteiger partial charge in [0.2, 0.25) is 0 Å². The van der Waals surface area contributed by atoms with E-state index in [4.69, 9.17) is 15.8 Å². The molecule has 1 saturated heterocycles. The first-order chi connectivity index (χ1) is 18.8. The van der Waals surface area contributed by atoms with E-state index in [9.17, 15) is 14.4 Å². The Bertz CT molecular complexity index is 1030. The zero-order valence-electron chi connectivity index (χ0n) is 23.2. The van der Waals surface area contributed by atoms with Gasteiger partial charge in [0.1, 0.15) is 5.54 Å². The summed E-state index contributed by atoms with van der Waals surface area (Å²) in [5, 5.41) is 14.9. The molecular formula is C29H44N6O4. The van der Waals surface area contributed by atoms with Crippen LogP contribution < -0.4 is 16.4 Å². The largest absolute Gasteiger partial charge is 0.465 e. The van der Waals surface area contributed by atoms with E-state index in [0.717, 1.165) is 36.8 Å². The second-order valence-corrected chi connectivity index (χ2v) is 11.4. The Morgan fingerprint density at radius 3 is 2.38 bits per heavy atom. The molecule has 1 aromatic rings. The van der Waals surface area contributed by atoms with E-state index >= 15 is 0 Å². The molecule has 1 saturated carbocycles. The molecule has 0 bridgehead atoms. The van der Waals surface area contributed by atoms with Gasteiger partial charge in [-0.3, -0.25) is 9.69 Å². The summed E-state index contributed by atoms with van der Waals surface area (Å²) in [6, 6.07) is 7.52. The predicted molar refractivity (Wildman–Crippen MR) is 150 cm³/mol. The van der Waals surface area contributed by atoms with Crippen LogP contribution in [0.1, 0.15) is 88.7 Å². The average Bonchev–Trinajstić information content (AvgIpc) is 3.16. The number of carbonyl (C=O) groups is 3. The number of nitrogens with one attached hydrogen (secondary N) is 2. The van der Waals surface area contributed by atoms with Crippen LogP contribution >= 0.6 is 0 Å². The van der Waals surface area contributed by atoms with Gasteiger partial charge in [0, 0.05) is 25.7 Å². The van der Waals surface area contributed by atoms with Crippen molar-refractivity contribution in [1.82, 2.24) is 20.4 Å². The molecule has 39 heavy (non-hydrogen) atoms. The van der Waals surface area contributed by atoms with Crippen LogP contribution in [0.4, 0.5) is 9.59 Å². The highest BCUT2D eigenvalue weighted by molar-refractivity contribution is 6.06. The Labute approximate surface area is 231 Å². The summed E-state index contributed by atoms with van der Waals surface area (Å²) in [5.74, 6) is 0.900. The Morgan fingerprint density at radius 2 is 1.74 bits per heavy atom. The Kier molecular flexibility index (Phi) is 9.69. The number of hydrogen-bond acceptors (Lipinski definition) is 5. The van der Waals surface area contributed by atoms with Gasteiger partial charge in [-0.15, -0.1) is 0 Å². The Balaban J connectivity index is 1.28. The van der Waals surface area contributed by atoms with Crippen molar-refractivity contribution in [2.45, 2.75) is 102 Å².